The van der Waals surface area contributed by atoms with Crippen molar-refractivity contribution in [3.05, 3.63) is 0 Å². The summed E-state index contributed by atoms with van der Waals surface area (Å²) in [6.45, 7) is 11.0. The Morgan fingerprint density at radius 1 is 1.25 bits per heavy atom. The van der Waals surface area contributed by atoms with Crippen molar-refractivity contribution in [2.75, 3.05) is 45.8 Å². The van der Waals surface area contributed by atoms with Gasteiger partial charge in [-0.25, -0.2) is 0 Å². The van der Waals surface area contributed by atoms with Crippen molar-refractivity contribution in [3.8, 4) is 0 Å². The standard InChI is InChI=1S/C15H32N4O/c1-3-4-8-17-15(20)14(2)19-11-6-10-18(12-13-19)9-5-7-16/h14H,3-13,16H2,1-2H3,(H,17,20). The second kappa shape index (κ2) is 10.1. The minimum atomic E-state index is -0.0127. The maximum Gasteiger partial charge on any atom is 0.237 e. The van der Waals surface area contributed by atoms with E-state index in [9.17, 15) is 4.79 Å². The topological polar surface area (TPSA) is 61.6 Å². The molecule has 1 fully saturated rings. The zero-order valence-corrected chi connectivity index (χ0v) is 13.2. The van der Waals surface area contributed by atoms with E-state index in [4.69, 9.17) is 5.73 Å². The molecule has 0 bridgehead atoms. The summed E-state index contributed by atoms with van der Waals surface area (Å²) in [7, 11) is 0. The van der Waals surface area contributed by atoms with Gasteiger partial charge in [-0.2, -0.15) is 0 Å². The molecule has 20 heavy (non-hydrogen) atoms. The van der Waals surface area contributed by atoms with E-state index in [1.807, 2.05) is 6.92 Å². The molecule has 1 heterocycles. The number of rotatable bonds is 8. The number of hydrogen-bond acceptors (Lipinski definition) is 4. The van der Waals surface area contributed by atoms with Gasteiger partial charge in [0.15, 0.2) is 0 Å². The van der Waals surface area contributed by atoms with Crippen molar-refractivity contribution in [2.24, 2.45) is 5.73 Å². The first-order valence-corrected chi connectivity index (χ1v) is 8.13. The Morgan fingerprint density at radius 2 is 2.05 bits per heavy atom. The van der Waals surface area contributed by atoms with Crippen molar-refractivity contribution in [1.82, 2.24) is 15.1 Å². The van der Waals surface area contributed by atoms with E-state index in [0.717, 1.165) is 71.5 Å². The van der Waals surface area contributed by atoms with Gasteiger partial charge in [0.05, 0.1) is 6.04 Å². The van der Waals surface area contributed by atoms with E-state index in [1.54, 1.807) is 0 Å². The van der Waals surface area contributed by atoms with E-state index in [0.29, 0.717) is 0 Å². The summed E-state index contributed by atoms with van der Waals surface area (Å²) in [5.41, 5.74) is 5.57. The zero-order chi connectivity index (χ0) is 14.8. The van der Waals surface area contributed by atoms with Gasteiger partial charge < -0.3 is 16.0 Å². The van der Waals surface area contributed by atoms with Crippen molar-refractivity contribution < 1.29 is 4.79 Å². The van der Waals surface area contributed by atoms with Gasteiger partial charge in [-0.15, -0.1) is 0 Å². The first-order chi connectivity index (χ1) is 9.69. The Bertz CT molecular complexity index is 273. The SMILES string of the molecule is CCCCNC(=O)C(C)N1CCCN(CCCN)CC1. The molecule has 0 spiro atoms. The fraction of sp³-hybridized carbons (Fsp3) is 0.933. The summed E-state index contributed by atoms with van der Waals surface area (Å²) in [5.74, 6) is 0.175. The molecule has 1 saturated heterocycles. The van der Waals surface area contributed by atoms with Gasteiger partial charge in [0.1, 0.15) is 0 Å². The van der Waals surface area contributed by atoms with Crippen LogP contribution in [0.2, 0.25) is 0 Å². The molecule has 0 aromatic rings. The summed E-state index contributed by atoms with van der Waals surface area (Å²) < 4.78 is 0. The lowest BCUT2D eigenvalue weighted by atomic mass is 10.2. The van der Waals surface area contributed by atoms with Gasteiger partial charge in [-0.05, 0) is 45.8 Å². The van der Waals surface area contributed by atoms with Gasteiger partial charge >= 0.3 is 0 Å². The van der Waals surface area contributed by atoms with Crippen molar-refractivity contribution in [3.63, 3.8) is 0 Å². The minimum Gasteiger partial charge on any atom is -0.355 e. The second-order valence-electron chi connectivity index (χ2n) is 5.69. The van der Waals surface area contributed by atoms with Crippen LogP contribution >= 0.6 is 0 Å². The van der Waals surface area contributed by atoms with Crippen molar-refractivity contribution in [2.45, 2.75) is 45.6 Å². The summed E-state index contributed by atoms with van der Waals surface area (Å²) in [4.78, 5) is 16.9. The molecule has 0 saturated carbocycles. The molecule has 1 atom stereocenters. The lowest BCUT2D eigenvalue weighted by molar-refractivity contribution is -0.125. The van der Waals surface area contributed by atoms with Crippen LogP contribution < -0.4 is 11.1 Å². The highest BCUT2D eigenvalue weighted by atomic mass is 16.2. The molecule has 0 aromatic carbocycles. The number of nitrogens with two attached hydrogens (primary N) is 1. The van der Waals surface area contributed by atoms with Gasteiger partial charge in [-0.1, -0.05) is 13.3 Å². The second-order valence-corrected chi connectivity index (χ2v) is 5.69. The Morgan fingerprint density at radius 3 is 2.75 bits per heavy atom. The van der Waals surface area contributed by atoms with E-state index in [1.165, 1.54) is 0 Å². The molecule has 0 radical (unpaired) electrons. The van der Waals surface area contributed by atoms with Crippen LogP contribution in [-0.4, -0.2) is 67.6 Å². The Hall–Kier alpha value is -0.650. The summed E-state index contributed by atoms with van der Waals surface area (Å²) >= 11 is 0. The van der Waals surface area contributed by atoms with Crippen LogP contribution in [0.1, 0.15) is 39.5 Å². The molecule has 5 heteroatoms. The molecule has 118 valence electrons. The first kappa shape index (κ1) is 17.4. The average Bonchev–Trinajstić information content (AvgIpc) is 2.70. The number of unbranched alkanes of at least 4 members (excludes halogenated alkanes) is 1. The van der Waals surface area contributed by atoms with E-state index >= 15 is 0 Å². The number of amides is 1. The fourth-order valence-corrected chi connectivity index (χ4v) is 2.62. The molecule has 1 aliphatic heterocycles. The number of nitrogens with one attached hydrogen (secondary N) is 1. The maximum atomic E-state index is 12.1. The molecule has 0 aliphatic carbocycles. The largest absolute Gasteiger partial charge is 0.355 e. The van der Waals surface area contributed by atoms with Crippen LogP contribution in [-0.2, 0) is 4.79 Å². The highest BCUT2D eigenvalue weighted by Crippen LogP contribution is 2.07. The number of carbonyl (C=O) groups excluding carboxylic acids is 1. The third-order valence-corrected chi connectivity index (χ3v) is 4.06. The van der Waals surface area contributed by atoms with Gasteiger partial charge in [-0.3, -0.25) is 9.69 Å². The molecule has 1 unspecified atom stereocenters. The van der Waals surface area contributed by atoms with Gasteiger partial charge in [0, 0.05) is 26.2 Å². The van der Waals surface area contributed by atoms with Crippen LogP contribution in [0, 0.1) is 0 Å². The van der Waals surface area contributed by atoms with Crippen LogP contribution in [0.5, 0.6) is 0 Å². The maximum absolute atomic E-state index is 12.1. The molecule has 3 N–H and O–H groups in total. The molecule has 1 amide bonds. The van der Waals surface area contributed by atoms with Gasteiger partial charge in [0.2, 0.25) is 5.91 Å². The average molecular weight is 284 g/mol. The Balaban J connectivity index is 2.33. The van der Waals surface area contributed by atoms with Crippen molar-refractivity contribution >= 4 is 5.91 Å². The van der Waals surface area contributed by atoms with Crippen LogP contribution in [0.3, 0.4) is 0 Å². The number of nitrogens with zero attached hydrogens (tertiary/aromatic N) is 2. The summed E-state index contributed by atoms with van der Waals surface area (Å²) in [6.07, 6.45) is 4.38. The monoisotopic (exact) mass is 284 g/mol. The summed E-state index contributed by atoms with van der Waals surface area (Å²) in [5, 5.41) is 3.04. The molecule has 1 rings (SSSR count). The molecular weight excluding hydrogens is 252 g/mol. The predicted molar refractivity (Wildman–Crippen MR) is 83.7 cm³/mol. The number of hydrogen-bond donors (Lipinski definition) is 2. The Kier molecular flexibility index (Phi) is 8.82. The molecule has 1 aliphatic rings. The predicted octanol–water partition coefficient (Wildman–Crippen LogP) is 0.648. The van der Waals surface area contributed by atoms with Crippen molar-refractivity contribution in [1.29, 1.82) is 0 Å². The van der Waals surface area contributed by atoms with E-state index < -0.39 is 0 Å². The normalized spacial score (nSPS) is 19.6. The third kappa shape index (κ3) is 6.20. The minimum absolute atomic E-state index is 0.0127. The zero-order valence-electron chi connectivity index (χ0n) is 13.2. The first-order valence-electron chi connectivity index (χ1n) is 8.13. The van der Waals surface area contributed by atoms with E-state index in [2.05, 4.69) is 22.0 Å². The summed E-state index contributed by atoms with van der Waals surface area (Å²) in [6, 6.07) is -0.0127. The molecule has 5 nitrogen and oxygen atoms in total. The van der Waals surface area contributed by atoms with Crippen LogP contribution in [0.15, 0.2) is 0 Å². The lowest BCUT2D eigenvalue weighted by Gasteiger charge is -2.27. The van der Waals surface area contributed by atoms with Gasteiger partial charge in [0.25, 0.3) is 0 Å². The highest BCUT2D eigenvalue weighted by Gasteiger charge is 2.23. The fourth-order valence-electron chi connectivity index (χ4n) is 2.62. The van der Waals surface area contributed by atoms with Crippen LogP contribution in [0.4, 0.5) is 0 Å². The quantitative estimate of drug-likeness (QED) is 0.643. The lowest BCUT2D eigenvalue weighted by Crippen LogP contribution is -2.46. The van der Waals surface area contributed by atoms with Crippen LogP contribution in [0.25, 0.3) is 0 Å². The smallest absolute Gasteiger partial charge is 0.237 e. The number of carbonyl (C=O) groups is 1. The molecular formula is C15H32N4O. The van der Waals surface area contributed by atoms with E-state index in [-0.39, 0.29) is 11.9 Å². The Labute approximate surface area is 123 Å². The third-order valence-electron chi connectivity index (χ3n) is 4.06. The highest BCUT2D eigenvalue weighted by molar-refractivity contribution is 5.81. The molecule has 0 aromatic heterocycles.